The summed E-state index contributed by atoms with van der Waals surface area (Å²) in [7, 11) is 0. The number of aliphatic hydroxyl groups excluding tert-OH is 1. The molecule has 0 aliphatic carbocycles. The quantitative estimate of drug-likeness (QED) is 0.787. The fourth-order valence-corrected chi connectivity index (χ4v) is 2.39. The Morgan fingerprint density at radius 3 is 2.83 bits per heavy atom. The SMILES string of the molecule is OC1CCCn2c1nc1cc(C(F)(F)F)ccc12. The number of aryl methyl sites for hydroxylation is 1. The molecule has 0 radical (unpaired) electrons. The van der Waals surface area contributed by atoms with E-state index in [1.54, 1.807) is 4.57 Å². The molecule has 6 heteroatoms. The molecule has 0 fully saturated rings. The van der Waals surface area contributed by atoms with Crippen molar-refractivity contribution in [1.29, 1.82) is 0 Å². The first-order valence-corrected chi connectivity index (χ1v) is 5.72. The minimum absolute atomic E-state index is 0.292. The predicted octanol–water partition coefficient (Wildman–Crippen LogP) is 2.88. The molecule has 1 aliphatic heterocycles. The summed E-state index contributed by atoms with van der Waals surface area (Å²) in [6, 6.07) is 3.51. The number of benzene rings is 1. The lowest BCUT2D eigenvalue weighted by molar-refractivity contribution is -0.137. The molecule has 1 N–H and O–H groups in total. The largest absolute Gasteiger partial charge is 0.416 e. The summed E-state index contributed by atoms with van der Waals surface area (Å²) in [5.41, 5.74) is 0.234. The topological polar surface area (TPSA) is 38.0 Å². The molecule has 0 amide bonds. The Hall–Kier alpha value is -1.56. The highest BCUT2D eigenvalue weighted by Crippen LogP contribution is 2.33. The lowest BCUT2D eigenvalue weighted by Gasteiger charge is -2.19. The highest BCUT2D eigenvalue weighted by Gasteiger charge is 2.31. The van der Waals surface area contributed by atoms with Crippen molar-refractivity contribution in [3.63, 3.8) is 0 Å². The molecule has 0 bridgehead atoms. The predicted molar refractivity (Wildman–Crippen MR) is 58.9 cm³/mol. The van der Waals surface area contributed by atoms with E-state index >= 15 is 0 Å². The zero-order valence-electron chi connectivity index (χ0n) is 9.41. The van der Waals surface area contributed by atoms with Crippen LogP contribution in [0, 0.1) is 0 Å². The van der Waals surface area contributed by atoms with E-state index in [1.807, 2.05) is 0 Å². The summed E-state index contributed by atoms with van der Waals surface area (Å²) < 4.78 is 39.6. The molecule has 18 heavy (non-hydrogen) atoms. The van der Waals surface area contributed by atoms with Gasteiger partial charge in [0, 0.05) is 6.54 Å². The number of halogens is 3. The van der Waals surface area contributed by atoms with Gasteiger partial charge in [0.05, 0.1) is 16.6 Å². The Morgan fingerprint density at radius 2 is 2.11 bits per heavy atom. The second-order valence-corrected chi connectivity index (χ2v) is 4.48. The third-order valence-corrected chi connectivity index (χ3v) is 3.26. The average molecular weight is 256 g/mol. The molecule has 1 unspecified atom stereocenters. The first-order chi connectivity index (χ1) is 8.47. The van der Waals surface area contributed by atoms with Crippen molar-refractivity contribution >= 4 is 11.0 Å². The van der Waals surface area contributed by atoms with E-state index in [0.717, 1.165) is 18.6 Å². The summed E-state index contributed by atoms with van der Waals surface area (Å²) in [6.07, 6.45) is -3.63. The second kappa shape index (κ2) is 3.71. The number of hydrogen-bond donors (Lipinski definition) is 1. The Bertz CT molecular complexity index is 603. The maximum atomic E-state index is 12.6. The van der Waals surface area contributed by atoms with Gasteiger partial charge in [0.25, 0.3) is 0 Å². The third kappa shape index (κ3) is 1.68. The fourth-order valence-electron chi connectivity index (χ4n) is 2.39. The van der Waals surface area contributed by atoms with Crippen LogP contribution in [-0.2, 0) is 12.7 Å². The molecule has 0 saturated heterocycles. The number of aliphatic hydroxyl groups is 1. The van der Waals surface area contributed by atoms with Crippen molar-refractivity contribution in [2.24, 2.45) is 0 Å². The Balaban J connectivity index is 2.19. The third-order valence-electron chi connectivity index (χ3n) is 3.26. The lowest BCUT2D eigenvalue weighted by atomic mass is 10.1. The molecule has 0 spiro atoms. The van der Waals surface area contributed by atoms with Crippen molar-refractivity contribution in [2.45, 2.75) is 31.7 Å². The molecule has 2 aromatic rings. The van der Waals surface area contributed by atoms with Crippen LogP contribution in [0.3, 0.4) is 0 Å². The van der Waals surface area contributed by atoms with Crippen molar-refractivity contribution in [3.05, 3.63) is 29.6 Å². The van der Waals surface area contributed by atoms with Gasteiger partial charge in [0.15, 0.2) is 0 Å². The number of alkyl halides is 3. The van der Waals surface area contributed by atoms with E-state index in [2.05, 4.69) is 4.98 Å². The first-order valence-electron chi connectivity index (χ1n) is 5.72. The Labute approximate surface area is 101 Å². The van der Waals surface area contributed by atoms with Crippen LogP contribution in [0.4, 0.5) is 13.2 Å². The zero-order chi connectivity index (χ0) is 12.9. The van der Waals surface area contributed by atoms with E-state index in [-0.39, 0.29) is 0 Å². The van der Waals surface area contributed by atoms with E-state index in [1.165, 1.54) is 6.07 Å². The summed E-state index contributed by atoms with van der Waals surface area (Å²) >= 11 is 0. The molecule has 1 aromatic heterocycles. The van der Waals surface area contributed by atoms with Gasteiger partial charge in [-0.1, -0.05) is 0 Å². The molecule has 1 aromatic carbocycles. The Kier molecular flexibility index (Phi) is 2.38. The van der Waals surface area contributed by atoms with Gasteiger partial charge in [-0.05, 0) is 31.0 Å². The van der Waals surface area contributed by atoms with Gasteiger partial charge >= 0.3 is 6.18 Å². The minimum Gasteiger partial charge on any atom is -0.385 e. The van der Waals surface area contributed by atoms with Crippen LogP contribution in [0.15, 0.2) is 18.2 Å². The normalized spacial score (nSPS) is 20.1. The molecule has 1 aliphatic rings. The van der Waals surface area contributed by atoms with Crippen LogP contribution in [-0.4, -0.2) is 14.7 Å². The molecular weight excluding hydrogens is 245 g/mol. The smallest absolute Gasteiger partial charge is 0.385 e. The number of fused-ring (bicyclic) bond motifs is 3. The molecule has 96 valence electrons. The van der Waals surface area contributed by atoms with Gasteiger partial charge in [0.1, 0.15) is 11.9 Å². The van der Waals surface area contributed by atoms with E-state index in [0.29, 0.717) is 29.8 Å². The minimum atomic E-state index is -4.36. The van der Waals surface area contributed by atoms with Gasteiger partial charge in [-0.25, -0.2) is 4.98 Å². The van der Waals surface area contributed by atoms with Gasteiger partial charge in [-0.3, -0.25) is 0 Å². The average Bonchev–Trinajstić information content (AvgIpc) is 2.67. The number of rotatable bonds is 0. The summed E-state index contributed by atoms with van der Waals surface area (Å²) in [6.45, 7) is 0.689. The van der Waals surface area contributed by atoms with Crippen LogP contribution in [0.5, 0.6) is 0 Å². The highest BCUT2D eigenvalue weighted by atomic mass is 19.4. The molecule has 2 heterocycles. The van der Waals surface area contributed by atoms with Crippen molar-refractivity contribution in [2.75, 3.05) is 0 Å². The number of imidazole rings is 1. The van der Waals surface area contributed by atoms with Crippen LogP contribution in [0.2, 0.25) is 0 Å². The van der Waals surface area contributed by atoms with Gasteiger partial charge in [0.2, 0.25) is 0 Å². The molecule has 3 rings (SSSR count). The van der Waals surface area contributed by atoms with Crippen LogP contribution in [0.1, 0.15) is 30.3 Å². The highest BCUT2D eigenvalue weighted by molar-refractivity contribution is 5.77. The Morgan fingerprint density at radius 1 is 1.33 bits per heavy atom. The number of aromatic nitrogens is 2. The number of hydrogen-bond acceptors (Lipinski definition) is 2. The lowest BCUT2D eigenvalue weighted by Crippen LogP contribution is -2.15. The summed E-state index contributed by atoms with van der Waals surface area (Å²) in [4.78, 5) is 4.12. The van der Waals surface area contributed by atoms with Gasteiger partial charge in [-0.15, -0.1) is 0 Å². The molecule has 3 nitrogen and oxygen atoms in total. The van der Waals surface area contributed by atoms with E-state index in [9.17, 15) is 18.3 Å². The van der Waals surface area contributed by atoms with Crippen molar-refractivity contribution < 1.29 is 18.3 Å². The summed E-state index contributed by atoms with van der Waals surface area (Å²) in [5, 5.41) is 9.79. The molecule has 1 atom stereocenters. The maximum absolute atomic E-state index is 12.6. The van der Waals surface area contributed by atoms with Crippen LogP contribution < -0.4 is 0 Å². The fraction of sp³-hybridized carbons (Fsp3) is 0.417. The maximum Gasteiger partial charge on any atom is 0.416 e. The van der Waals surface area contributed by atoms with Crippen LogP contribution in [0.25, 0.3) is 11.0 Å². The van der Waals surface area contributed by atoms with Crippen LogP contribution >= 0.6 is 0 Å². The monoisotopic (exact) mass is 256 g/mol. The van der Waals surface area contributed by atoms with Gasteiger partial charge < -0.3 is 9.67 Å². The molecule has 0 saturated carbocycles. The summed E-state index contributed by atoms with van der Waals surface area (Å²) in [5.74, 6) is 0.468. The number of nitrogens with zero attached hydrogens (tertiary/aromatic N) is 2. The first kappa shape index (κ1) is 11.5. The van der Waals surface area contributed by atoms with Crippen molar-refractivity contribution in [1.82, 2.24) is 9.55 Å². The second-order valence-electron chi connectivity index (χ2n) is 4.48. The van der Waals surface area contributed by atoms with E-state index in [4.69, 9.17) is 0 Å². The van der Waals surface area contributed by atoms with Crippen molar-refractivity contribution in [3.8, 4) is 0 Å². The standard InChI is InChI=1S/C12H11F3N2O/c13-12(14,15)7-3-4-9-8(6-7)16-11-10(18)2-1-5-17(9)11/h3-4,6,10,18H,1-2,5H2. The van der Waals surface area contributed by atoms with E-state index < -0.39 is 17.8 Å². The molecular formula is C12H11F3N2O. The zero-order valence-corrected chi connectivity index (χ0v) is 9.41. The van der Waals surface area contributed by atoms with Gasteiger partial charge in [-0.2, -0.15) is 13.2 Å².